The smallest absolute Gasteiger partial charge is 0.173 e. The van der Waals surface area contributed by atoms with Gasteiger partial charge in [0.25, 0.3) is 0 Å². The molecule has 3 heteroatoms. The number of alkyl halides is 2. The number of hydrogen-bond donors (Lipinski definition) is 0. The fourth-order valence-corrected chi connectivity index (χ4v) is 0.353. The van der Waals surface area contributed by atoms with E-state index >= 15 is 0 Å². The first-order valence-electron chi connectivity index (χ1n) is 1.24. The molecule has 1 nitrogen and oxygen atoms in total. The van der Waals surface area contributed by atoms with E-state index in [0.717, 1.165) is 0 Å². The SMILES string of the molecule is ClC1OC1Cl. The van der Waals surface area contributed by atoms with Gasteiger partial charge < -0.3 is 4.74 Å². The van der Waals surface area contributed by atoms with Crippen LogP contribution in [0.1, 0.15) is 0 Å². The zero-order valence-corrected chi connectivity index (χ0v) is 3.83. The van der Waals surface area contributed by atoms with Crippen molar-refractivity contribution in [1.82, 2.24) is 0 Å². The molecule has 0 aromatic heterocycles. The molecule has 0 N–H and O–H groups in total. The normalized spacial score (nSPS) is 49.2. The van der Waals surface area contributed by atoms with Crippen molar-refractivity contribution < 1.29 is 4.74 Å². The summed E-state index contributed by atoms with van der Waals surface area (Å²) < 4.78 is 4.45. The quantitative estimate of drug-likeness (QED) is 0.339. The van der Waals surface area contributed by atoms with Crippen molar-refractivity contribution in [1.29, 1.82) is 0 Å². The minimum atomic E-state index is -0.211. The first-order chi connectivity index (χ1) is 2.30. The topological polar surface area (TPSA) is 12.5 Å². The van der Waals surface area contributed by atoms with Crippen LogP contribution in [0.2, 0.25) is 0 Å². The van der Waals surface area contributed by atoms with Crippen LogP contribution < -0.4 is 0 Å². The Bertz CT molecular complexity index is 40.9. The van der Waals surface area contributed by atoms with E-state index in [4.69, 9.17) is 23.2 Å². The summed E-state index contributed by atoms with van der Waals surface area (Å²) in [4.78, 5) is 0. The molecule has 1 saturated heterocycles. The second-order valence-corrected chi connectivity index (χ2v) is 1.70. The molecule has 5 heavy (non-hydrogen) atoms. The molecule has 30 valence electrons. The Balaban J connectivity index is 2.20. The Labute approximate surface area is 39.8 Å². The third kappa shape index (κ3) is 0.685. The molecule has 1 heterocycles. The van der Waals surface area contributed by atoms with Gasteiger partial charge in [-0.25, -0.2) is 0 Å². The summed E-state index contributed by atoms with van der Waals surface area (Å²) in [6.07, 6.45) is 0. The molecule has 1 fully saturated rings. The Kier molecular flexibility index (Phi) is 0.745. The number of rotatable bonds is 0. The van der Waals surface area contributed by atoms with Crippen LogP contribution in [0.15, 0.2) is 0 Å². The van der Waals surface area contributed by atoms with Crippen molar-refractivity contribution in [2.75, 3.05) is 0 Å². The molecule has 0 bridgehead atoms. The highest BCUT2D eigenvalue weighted by molar-refractivity contribution is 6.31. The molecule has 0 aliphatic carbocycles. The molecule has 0 aromatic carbocycles. The maximum Gasteiger partial charge on any atom is 0.173 e. The monoisotopic (exact) mass is 112 g/mol. The van der Waals surface area contributed by atoms with Crippen LogP contribution in [-0.4, -0.2) is 11.1 Å². The standard InChI is InChI=1S/C2H2Cl2O/c3-1-2(4)5-1/h1-2H. The minimum Gasteiger partial charge on any atom is -0.335 e. The number of ether oxygens (including phenoxy) is 1. The molecule has 2 atom stereocenters. The van der Waals surface area contributed by atoms with E-state index < -0.39 is 0 Å². The van der Waals surface area contributed by atoms with Crippen molar-refractivity contribution in [3.05, 3.63) is 0 Å². The van der Waals surface area contributed by atoms with E-state index in [-0.39, 0.29) is 11.1 Å². The van der Waals surface area contributed by atoms with Crippen molar-refractivity contribution >= 4 is 23.2 Å². The van der Waals surface area contributed by atoms with Gasteiger partial charge in [-0.3, -0.25) is 0 Å². The van der Waals surface area contributed by atoms with Crippen molar-refractivity contribution in [3.8, 4) is 0 Å². The van der Waals surface area contributed by atoms with Gasteiger partial charge in [-0.15, -0.1) is 0 Å². The molecule has 2 unspecified atom stereocenters. The average molecular weight is 113 g/mol. The Morgan fingerprint density at radius 2 is 1.40 bits per heavy atom. The van der Waals surface area contributed by atoms with Crippen LogP contribution in [0.3, 0.4) is 0 Å². The highest BCUT2D eigenvalue weighted by Gasteiger charge is 2.34. The van der Waals surface area contributed by atoms with Crippen LogP contribution in [0.4, 0.5) is 0 Å². The Morgan fingerprint density at radius 1 is 1.20 bits per heavy atom. The van der Waals surface area contributed by atoms with Gasteiger partial charge in [0.2, 0.25) is 0 Å². The third-order valence-electron chi connectivity index (χ3n) is 0.389. The fraction of sp³-hybridized carbons (Fsp3) is 1.00. The van der Waals surface area contributed by atoms with Gasteiger partial charge in [0.15, 0.2) is 11.1 Å². The number of epoxide rings is 1. The van der Waals surface area contributed by atoms with Crippen molar-refractivity contribution in [3.63, 3.8) is 0 Å². The summed E-state index contributed by atoms with van der Waals surface area (Å²) in [7, 11) is 0. The van der Waals surface area contributed by atoms with E-state index in [9.17, 15) is 0 Å². The van der Waals surface area contributed by atoms with E-state index in [1.165, 1.54) is 0 Å². The maximum absolute atomic E-state index is 5.18. The lowest BCUT2D eigenvalue weighted by molar-refractivity contribution is 0.441. The van der Waals surface area contributed by atoms with E-state index in [0.29, 0.717) is 0 Å². The van der Waals surface area contributed by atoms with Gasteiger partial charge in [-0.2, -0.15) is 0 Å². The first-order valence-corrected chi connectivity index (χ1v) is 2.11. The average Bonchev–Trinajstić information content (AvgIpc) is 1.79. The fourth-order valence-electron chi connectivity index (χ4n) is 0.0788. The molecule has 0 radical (unpaired) electrons. The molecule has 0 saturated carbocycles. The second kappa shape index (κ2) is 1.00. The summed E-state index contributed by atoms with van der Waals surface area (Å²) in [5.74, 6) is 0. The zero-order chi connectivity index (χ0) is 3.86. The molecule has 1 rings (SSSR count). The molecular weight excluding hydrogens is 111 g/mol. The molecule has 0 aromatic rings. The van der Waals surface area contributed by atoms with Crippen molar-refractivity contribution in [2.24, 2.45) is 0 Å². The van der Waals surface area contributed by atoms with E-state index in [1.807, 2.05) is 0 Å². The second-order valence-electron chi connectivity index (χ2n) is 0.838. The summed E-state index contributed by atoms with van der Waals surface area (Å²) in [6.45, 7) is 0. The summed E-state index contributed by atoms with van der Waals surface area (Å²) in [5, 5.41) is 0. The summed E-state index contributed by atoms with van der Waals surface area (Å²) in [5.41, 5.74) is -0.423. The predicted molar refractivity (Wildman–Crippen MR) is 20.4 cm³/mol. The van der Waals surface area contributed by atoms with Gasteiger partial charge in [0.1, 0.15) is 0 Å². The summed E-state index contributed by atoms with van der Waals surface area (Å²) >= 11 is 10.4. The van der Waals surface area contributed by atoms with Gasteiger partial charge in [0.05, 0.1) is 0 Å². The van der Waals surface area contributed by atoms with Gasteiger partial charge in [0, 0.05) is 0 Å². The highest BCUT2D eigenvalue weighted by Crippen LogP contribution is 2.28. The van der Waals surface area contributed by atoms with Crippen LogP contribution in [0.25, 0.3) is 0 Å². The van der Waals surface area contributed by atoms with Gasteiger partial charge in [-0.1, -0.05) is 23.2 Å². The number of halogens is 2. The molecule has 1 aliphatic rings. The van der Waals surface area contributed by atoms with Gasteiger partial charge >= 0.3 is 0 Å². The van der Waals surface area contributed by atoms with Crippen LogP contribution in [0, 0.1) is 0 Å². The Morgan fingerprint density at radius 3 is 1.40 bits per heavy atom. The first kappa shape index (κ1) is 3.72. The third-order valence-corrected chi connectivity index (χ3v) is 1.18. The molecule has 1 aliphatic heterocycles. The Hall–Kier alpha value is 0.540. The maximum atomic E-state index is 5.18. The summed E-state index contributed by atoms with van der Waals surface area (Å²) in [6, 6.07) is 0. The lowest BCUT2D eigenvalue weighted by Crippen LogP contribution is -1.63. The predicted octanol–water partition coefficient (Wildman–Crippen LogP) is 1.15. The van der Waals surface area contributed by atoms with Crippen LogP contribution in [0.5, 0.6) is 0 Å². The minimum absolute atomic E-state index is 0.211. The largest absolute Gasteiger partial charge is 0.335 e. The van der Waals surface area contributed by atoms with Crippen LogP contribution >= 0.6 is 23.2 Å². The highest BCUT2D eigenvalue weighted by atomic mass is 35.5. The van der Waals surface area contributed by atoms with Crippen LogP contribution in [-0.2, 0) is 4.74 Å². The molecule has 0 amide bonds. The van der Waals surface area contributed by atoms with E-state index in [1.54, 1.807) is 0 Å². The lowest BCUT2D eigenvalue weighted by Gasteiger charge is -1.52. The van der Waals surface area contributed by atoms with E-state index in [2.05, 4.69) is 4.74 Å². The molecule has 0 spiro atoms. The van der Waals surface area contributed by atoms with Crippen molar-refractivity contribution in [2.45, 2.75) is 11.1 Å². The van der Waals surface area contributed by atoms with Gasteiger partial charge in [-0.05, 0) is 0 Å². The zero-order valence-electron chi connectivity index (χ0n) is 2.32. The molecular formula is C2H2Cl2O. The number of hydrogen-bond acceptors (Lipinski definition) is 1. The lowest BCUT2D eigenvalue weighted by atomic mass is 11.0.